The lowest BCUT2D eigenvalue weighted by molar-refractivity contribution is -0.133. The molecule has 0 atom stereocenters. The maximum atomic E-state index is 13.5. The summed E-state index contributed by atoms with van der Waals surface area (Å²) in [5, 5.41) is 0.768. The Morgan fingerprint density at radius 2 is 1.38 bits per heavy atom. The predicted molar refractivity (Wildman–Crippen MR) is 118 cm³/mol. The number of hydrogen-bond acceptors (Lipinski definition) is 2. The van der Waals surface area contributed by atoms with Crippen molar-refractivity contribution < 1.29 is 4.79 Å². The minimum atomic E-state index is -0.253. The summed E-state index contributed by atoms with van der Waals surface area (Å²) in [6, 6.07) is 28.2. The van der Waals surface area contributed by atoms with Crippen molar-refractivity contribution in [3.05, 3.63) is 107 Å². The number of carbonyl (C=O) groups excluding carboxylic acids is 1. The fourth-order valence-corrected chi connectivity index (χ4v) is 4.18. The number of halogens is 1. The van der Waals surface area contributed by atoms with Gasteiger partial charge in [-0.1, -0.05) is 84.4 Å². The molecule has 0 spiro atoms. The lowest BCUT2D eigenvalue weighted by atomic mass is 9.90. The van der Waals surface area contributed by atoms with Gasteiger partial charge in [0.1, 0.15) is 0 Å². The molecule has 0 N–H and O–H groups in total. The molecule has 1 heterocycles. The molecule has 4 rings (SSSR count). The smallest absolute Gasteiger partial charge is 0.234 e. The summed E-state index contributed by atoms with van der Waals surface area (Å²) < 4.78 is 0. The first kappa shape index (κ1) is 19.7. The van der Waals surface area contributed by atoms with E-state index in [1.54, 1.807) is 0 Å². The highest BCUT2D eigenvalue weighted by Crippen LogP contribution is 2.27. The number of hydrogen-bond donors (Lipinski definition) is 0. The minimum Gasteiger partial charge on any atom is -0.339 e. The molecule has 148 valence electrons. The molecule has 0 bridgehead atoms. The average molecular weight is 405 g/mol. The molecule has 3 nitrogen and oxygen atoms in total. The Kier molecular flexibility index (Phi) is 6.28. The van der Waals surface area contributed by atoms with Crippen LogP contribution in [-0.4, -0.2) is 41.9 Å². The summed E-state index contributed by atoms with van der Waals surface area (Å²) in [5.74, 6) is -0.0679. The number of piperazine rings is 1. The van der Waals surface area contributed by atoms with Crippen LogP contribution in [0.5, 0.6) is 0 Å². The maximum Gasteiger partial charge on any atom is 0.234 e. The van der Waals surface area contributed by atoms with Gasteiger partial charge in [-0.25, -0.2) is 0 Å². The number of nitrogens with zero attached hydrogens (tertiary/aromatic N) is 2. The Labute approximate surface area is 177 Å². The van der Waals surface area contributed by atoms with Gasteiger partial charge in [0.2, 0.25) is 5.91 Å². The second-order valence-electron chi connectivity index (χ2n) is 7.49. The first-order valence-corrected chi connectivity index (χ1v) is 10.4. The molecule has 0 aromatic heterocycles. The van der Waals surface area contributed by atoms with Crippen LogP contribution in [0.1, 0.15) is 22.6 Å². The van der Waals surface area contributed by atoms with Crippen LogP contribution in [0.15, 0.2) is 84.9 Å². The molecule has 1 aliphatic rings. The minimum absolute atomic E-state index is 0.185. The van der Waals surface area contributed by atoms with Crippen molar-refractivity contribution in [2.24, 2.45) is 0 Å². The molecular weight excluding hydrogens is 380 g/mol. The number of rotatable bonds is 5. The van der Waals surface area contributed by atoms with Gasteiger partial charge in [-0.2, -0.15) is 0 Å². The van der Waals surface area contributed by atoms with E-state index < -0.39 is 0 Å². The molecule has 0 aliphatic carbocycles. The van der Waals surface area contributed by atoms with Crippen molar-refractivity contribution >= 4 is 17.5 Å². The van der Waals surface area contributed by atoms with E-state index >= 15 is 0 Å². The molecule has 3 aromatic rings. The Bertz CT molecular complexity index is 898. The standard InChI is InChI=1S/C25H25ClN2O/c26-23-13-7-8-20(18-23)19-27-14-16-28(17-15-27)25(29)24(21-9-3-1-4-10-21)22-11-5-2-6-12-22/h1-13,18,24H,14-17,19H2. The van der Waals surface area contributed by atoms with Gasteiger partial charge in [-0.15, -0.1) is 0 Å². The van der Waals surface area contributed by atoms with Crippen LogP contribution >= 0.6 is 11.6 Å². The van der Waals surface area contributed by atoms with Gasteiger partial charge in [-0.05, 0) is 28.8 Å². The normalized spacial score (nSPS) is 14.9. The molecule has 29 heavy (non-hydrogen) atoms. The van der Waals surface area contributed by atoms with Gasteiger partial charge in [0, 0.05) is 37.7 Å². The fourth-order valence-electron chi connectivity index (χ4n) is 3.97. The monoisotopic (exact) mass is 404 g/mol. The highest BCUT2D eigenvalue weighted by molar-refractivity contribution is 6.30. The Balaban J connectivity index is 1.45. The lowest BCUT2D eigenvalue weighted by Crippen LogP contribution is -2.49. The molecule has 0 saturated carbocycles. The molecular formula is C25H25ClN2O. The van der Waals surface area contributed by atoms with E-state index in [9.17, 15) is 4.79 Å². The third kappa shape index (κ3) is 4.87. The topological polar surface area (TPSA) is 23.6 Å². The van der Waals surface area contributed by atoms with E-state index in [2.05, 4.69) is 11.0 Å². The van der Waals surface area contributed by atoms with Gasteiger partial charge < -0.3 is 4.90 Å². The van der Waals surface area contributed by atoms with E-state index in [0.717, 1.165) is 48.9 Å². The summed E-state index contributed by atoms with van der Waals surface area (Å²) >= 11 is 6.11. The molecule has 1 amide bonds. The Morgan fingerprint density at radius 1 is 0.793 bits per heavy atom. The molecule has 0 unspecified atom stereocenters. The van der Waals surface area contributed by atoms with Gasteiger partial charge >= 0.3 is 0 Å². The SMILES string of the molecule is O=C(C(c1ccccc1)c1ccccc1)N1CCN(Cc2cccc(Cl)c2)CC1. The van der Waals surface area contributed by atoms with E-state index in [4.69, 9.17) is 11.6 Å². The second-order valence-corrected chi connectivity index (χ2v) is 7.92. The first-order valence-electron chi connectivity index (χ1n) is 10.1. The van der Waals surface area contributed by atoms with E-state index in [1.807, 2.05) is 83.8 Å². The van der Waals surface area contributed by atoms with Crippen molar-refractivity contribution in [3.8, 4) is 0 Å². The van der Waals surface area contributed by atoms with Gasteiger partial charge in [-0.3, -0.25) is 9.69 Å². The molecule has 4 heteroatoms. The Morgan fingerprint density at radius 3 is 1.93 bits per heavy atom. The van der Waals surface area contributed by atoms with Crippen molar-refractivity contribution in [3.63, 3.8) is 0 Å². The van der Waals surface area contributed by atoms with Gasteiger partial charge in [0.25, 0.3) is 0 Å². The zero-order valence-corrected chi connectivity index (χ0v) is 17.1. The van der Waals surface area contributed by atoms with Gasteiger partial charge in [0.15, 0.2) is 0 Å². The second kappa shape index (κ2) is 9.25. The molecule has 1 aliphatic heterocycles. The first-order chi connectivity index (χ1) is 14.2. The summed E-state index contributed by atoms with van der Waals surface area (Å²) in [7, 11) is 0. The van der Waals surface area contributed by atoms with E-state index in [-0.39, 0.29) is 11.8 Å². The van der Waals surface area contributed by atoms with Crippen LogP contribution in [0.2, 0.25) is 5.02 Å². The molecule has 1 fully saturated rings. The Hall–Kier alpha value is -2.62. The van der Waals surface area contributed by atoms with Crippen molar-refractivity contribution in [1.29, 1.82) is 0 Å². The van der Waals surface area contributed by atoms with E-state index in [0.29, 0.717) is 0 Å². The van der Waals surface area contributed by atoms with Gasteiger partial charge in [0.05, 0.1) is 5.92 Å². The maximum absolute atomic E-state index is 13.5. The van der Waals surface area contributed by atoms with E-state index in [1.165, 1.54) is 5.56 Å². The largest absolute Gasteiger partial charge is 0.339 e. The van der Waals surface area contributed by atoms with Crippen molar-refractivity contribution in [1.82, 2.24) is 9.80 Å². The molecule has 1 saturated heterocycles. The van der Waals surface area contributed by atoms with Crippen LogP contribution in [0.4, 0.5) is 0 Å². The third-order valence-corrected chi connectivity index (χ3v) is 5.73. The zero-order chi connectivity index (χ0) is 20.1. The van der Waals surface area contributed by atoms with Crippen molar-refractivity contribution in [2.75, 3.05) is 26.2 Å². The van der Waals surface area contributed by atoms with Crippen LogP contribution in [0.3, 0.4) is 0 Å². The third-order valence-electron chi connectivity index (χ3n) is 5.49. The summed E-state index contributed by atoms with van der Waals surface area (Å²) in [6.07, 6.45) is 0. The predicted octanol–water partition coefficient (Wildman–Crippen LogP) is 4.82. The zero-order valence-electron chi connectivity index (χ0n) is 16.4. The highest BCUT2D eigenvalue weighted by atomic mass is 35.5. The molecule has 3 aromatic carbocycles. The van der Waals surface area contributed by atoms with Crippen LogP contribution in [0, 0.1) is 0 Å². The van der Waals surface area contributed by atoms with Crippen LogP contribution in [-0.2, 0) is 11.3 Å². The number of benzene rings is 3. The number of amides is 1. The van der Waals surface area contributed by atoms with Crippen molar-refractivity contribution in [2.45, 2.75) is 12.5 Å². The number of carbonyl (C=O) groups is 1. The average Bonchev–Trinajstić information content (AvgIpc) is 2.76. The van der Waals surface area contributed by atoms with Crippen LogP contribution < -0.4 is 0 Å². The van der Waals surface area contributed by atoms with Crippen LogP contribution in [0.25, 0.3) is 0 Å². The highest BCUT2D eigenvalue weighted by Gasteiger charge is 2.29. The fraction of sp³-hybridized carbons (Fsp3) is 0.240. The quantitative estimate of drug-likeness (QED) is 0.608. The summed E-state index contributed by atoms with van der Waals surface area (Å²) in [4.78, 5) is 17.9. The lowest BCUT2D eigenvalue weighted by Gasteiger charge is -2.36. The molecule has 0 radical (unpaired) electrons. The summed E-state index contributed by atoms with van der Waals surface area (Å²) in [6.45, 7) is 4.09. The summed E-state index contributed by atoms with van der Waals surface area (Å²) in [5.41, 5.74) is 3.30.